The van der Waals surface area contributed by atoms with Crippen molar-refractivity contribution < 1.29 is 20.1 Å². The van der Waals surface area contributed by atoms with Gasteiger partial charge in [-0.1, -0.05) is 159 Å². The second-order valence-corrected chi connectivity index (χ2v) is 12.8. The molecule has 45 heavy (non-hydrogen) atoms. The Morgan fingerprint density at radius 1 is 0.556 bits per heavy atom. The Kier molecular flexibility index (Phi) is 33.8. The number of hydrogen-bond acceptors (Lipinski definition) is 4. The van der Waals surface area contributed by atoms with Crippen LogP contribution in [0, 0.1) is 0 Å². The normalized spacial score (nSPS) is 14.3. The number of carbonyl (C=O) groups excluding carboxylic acids is 1. The van der Waals surface area contributed by atoms with Gasteiger partial charge in [0.25, 0.3) is 0 Å². The molecule has 5 nitrogen and oxygen atoms in total. The summed E-state index contributed by atoms with van der Waals surface area (Å²) in [6.45, 7) is 4.11. The van der Waals surface area contributed by atoms with Gasteiger partial charge in [0.05, 0.1) is 18.8 Å². The maximum Gasteiger partial charge on any atom is 0.249 e. The first kappa shape index (κ1) is 43.3. The monoisotopic (exact) mass is 632 g/mol. The first-order chi connectivity index (χ1) is 22.1. The highest BCUT2D eigenvalue weighted by Crippen LogP contribution is 2.12. The summed E-state index contributed by atoms with van der Waals surface area (Å²) in [5, 5.41) is 32.9. The van der Waals surface area contributed by atoms with Crippen molar-refractivity contribution in [2.75, 3.05) is 6.61 Å². The van der Waals surface area contributed by atoms with E-state index < -0.39 is 24.2 Å². The van der Waals surface area contributed by atoms with Crippen LogP contribution in [0.15, 0.2) is 48.6 Å². The minimum Gasteiger partial charge on any atom is -0.394 e. The van der Waals surface area contributed by atoms with Gasteiger partial charge in [-0.2, -0.15) is 0 Å². The van der Waals surface area contributed by atoms with Crippen molar-refractivity contribution in [3.05, 3.63) is 48.6 Å². The fourth-order valence-corrected chi connectivity index (χ4v) is 5.35. The third-order valence-corrected chi connectivity index (χ3v) is 8.39. The highest BCUT2D eigenvalue weighted by Gasteiger charge is 2.22. The van der Waals surface area contributed by atoms with Crippen LogP contribution in [0.25, 0.3) is 0 Å². The number of aliphatic hydroxyl groups is 3. The molecule has 262 valence electrons. The fraction of sp³-hybridized carbons (Fsp3) is 0.775. The van der Waals surface area contributed by atoms with Gasteiger partial charge in [-0.15, -0.1) is 0 Å². The van der Waals surface area contributed by atoms with Crippen molar-refractivity contribution >= 4 is 5.91 Å². The second kappa shape index (κ2) is 35.2. The summed E-state index contributed by atoms with van der Waals surface area (Å²) in [4.78, 5) is 12.4. The summed E-state index contributed by atoms with van der Waals surface area (Å²) in [6, 6.07) is -0.818. The fourth-order valence-electron chi connectivity index (χ4n) is 5.35. The maximum atomic E-state index is 12.4. The first-order valence-electron chi connectivity index (χ1n) is 19.0. The van der Waals surface area contributed by atoms with E-state index in [-0.39, 0.29) is 6.61 Å². The molecule has 0 aromatic heterocycles. The van der Waals surface area contributed by atoms with Gasteiger partial charge < -0.3 is 20.6 Å². The summed E-state index contributed by atoms with van der Waals surface area (Å²) in [5.41, 5.74) is 0. The molecular weight excluding hydrogens is 558 g/mol. The molecule has 1 amide bonds. The smallest absolute Gasteiger partial charge is 0.249 e. The molecule has 0 spiro atoms. The predicted octanol–water partition coefficient (Wildman–Crippen LogP) is 10.2. The Labute approximate surface area is 278 Å². The Bertz CT molecular complexity index is 745. The molecule has 0 fully saturated rings. The lowest BCUT2D eigenvalue weighted by Crippen LogP contribution is -2.48. The lowest BCUT2D eigenvalue weighted by Gasteiger charge is -2.21. The first-order valence-corrected chi connectivity index (χ1v) is 19.0. The van der Waals surface area contributed by atoms with Crippen LogP contribution in [0.2, 0.25) is 0 Å². The van der Waals surface area contributed by atoms with E-state index in [1.54, 1.807) is 6.08 Å². The van der Waals surface area contributed by atoms with E-state index in [0.29, 0.717) is 6.42 Å². The number of nitrogens with one attached hydrogen (secondary N) is 1. The van der Waals surface area contributed by atoms with Crippen LogP contribution in [0.3, 0.4) is 0 Å². The number of aliphatic hydroxyl groups excluding tert-OH is 3. The van der Waals surface area contributed by atoms with Crippen molar-refractivity contribution in [1.29, 1.82) is 0 Å². The SMILES string of the molecule is CCCCC/C=C\C/C=C\CCCCCCCCC(O)C(=O)NC(CO)C(O)/C=C/CC/C=C/CCCCCCCCCCC. The van der Waals surface area contributed by atoms with E-state index in [0.717, 1.165) is 51.4 Å². The minimum atomic E-state index is -1.11. The van der Waals surface area contributed by atoms with Crippen LogP contribution in [-0.4, -0.2) is 46.1 Å². The molecule has 0 aliphatic heterocycles. The van der Waals surface area contributed by atoms with Crippen LogP contribution in [-0.2, 0) is 4.79 Å². The average molecular weight is 632 g/mol. The van der Waals surface area contributed by atoms with Gasteiger partial charge >= 0.3 is 0 Å². The van der Waals surface area contributed by atoms with Crippen molar-refractivity contribution in [2.24, 2.45) is 0 Å². The number of unbranched alkanes of at least 4 members (excludes halogenated alkanes) is 19. The largest absolute Gasteiger partial charge is 0.394 e. The molecule has 0 radical (unpaired) electrons. The quantitative estimate of drug-likeness (QED) is 0.0429. The van der Waals surface area contributed by atoms with Crippen molar-refractivity contribution in [1.82, 2.24) is 5.32 Å². The molecular formula is C40H73NO4. The van der Waals surface area contributed by atoms with E-state index >= 15 is 0 Å². The highest BCUT2D eigenvalue weighted by molar-refractivity contribution is 5.80. The highest BCUT2D eigenvalue weighted by atomic mass is 16.3. The number of carbonyl (C=O) groups is 1. The Hall–Kier alpha value is -1.69. The number of allylic oxidation sites excluding steroid dienone is 7. The Balaban J connectivity index is 3.82. The predicted molar refractivity (Wildman–Crippen MR) is 194 cm³/mol. The molecule has 0 rings (SSSR count). The van der Waals surface area contributed by atoms with Crippen LogP contribution in [0.1, 0.15) is 174 Å². The summed E-state index contributed by atoms with van der Waals surface area (Å²) in [6.07, 6.45) is 44.1. The van der Waals surface area contributed by atoms with Gasteiger partial charge in [0, 0.05) is 0 Å². The van der Waals surface area contributed by atoms with Crippen LogP contribution in [0.4, 0.5) is 0 Å². The minimum absolute atomic E-state index is 0.381. The topological polar surface area (TPSA) is 89.8 Å². The van der Waals surface area contributed by atoms with Crippen LogP contribution in [0.5, 0.6) is 0 Å². The van der Waals surface area contributed by atoms with Crippen molar-refractivity contribution in [3.63, 3.8) is 0 Å². The van der Waals surface area contributed by atoms with E-state index in [9.17, 15) is 20.1 Å². The standard InChI is InChI=1S/C40H73NO4/c1-3-5-7-9-11-13-15-17-19-21-23-25-27-29-31-33-35-39(44)40(45)41-37(36-42)38(43)34-32-30-28-26-24-22-20-18-16-14-12-10-8-6-4-2/h11,13,17,19,24,26,32,34,37-39,42-44H,3-10,12,14-16,18,20-23,25,27-31,33,35-36H2,1-2H3,(H,41,45)/b13-11-,19-17-,26-24+,34-32+. The van der Waals surface area contributed by atoms with E-state index in [2.05, 4.69) is 55.6 Å². The molecule has 0 aromatic carbocycles. The number of amides is 1. The van der Waals surface area contributed by atoms with E-state index in [1.807, 2.05) is 6.08 Å². The molecule has 0 aliphatic carbocycles. The maximum absolute atomic E-state index is 12.4. The zero-order valence-corrected chi connectivity index (χ0v) is 29.5. The van der Waals surface area contributed by atoms with Crippen LogP contribution < -0.4 is 5.32 Å². The van der Waals surface area contributed by atoms with Crippen molar-refractivity contribution in [3.8, 4) is 0 Å². The average Bonchev–Trinajstić information content (AvgIpc) is 3.04. The lowest BCUT2D eigenvalue weighted by atomic mass is 10.0. The number of rotatable bonds is 33. The van der Waals surface area contributed by atoms with Gasteiger partial charge in [0.1, 0.15) is 6.10 Å². The molecule has 4 N–H and O–H groups in total. The molecule has 3 atom stereocenters. The van der Waals surface area contributed by atoms with Gasteiger partial charge in [-0.05, 0) is 64.2 Å². The molecule has 0 saturated heterocycles. The molecule has 5 heteroatoms. The zero-order chi connectivity index (χ0) is 33.1. The van der Waals surface area contributed by atoms with Gasteiger partial charge in [-0.3, -0.25) is 4.79 Å². The summed E-state index contributed by atoms with van der Waals surface area (Å²) >= 11 is 0. The van der Waals surface area contributed by atoms with Gasteiger partial charge in [-0.25, -0.2) is 0 Å². The molecule has 3 unspecified atom stereocenters. The molecule has 0 aliphatic rings. The summed E-state index contributed by atoms with van der Waals surface area (Å²) in [7, 11) is 0. The third-order valence-electron chi connectivity index (χ3n) is 8.39. The second-order valence-electron chi connectivity index (χ2n) is 12.8. The number of hydrogen-bond donors (Lipinski definition) is 4. The van der Waals surface area contributed by atoms with E-state index in [4.69, 9.17) is 0 Å². The summed E-state index contributed by atoms with van der Waals surface area (Å²) in [5.74, 6) is -0.525. The molecule has 0 bridgehead atoms. The van der Waals surface area contributed by atoms with Crippen LogP contribution >= 0.6 is 0 Å². The van der Waals surface area contributed by atoms with Gasteiger partial charge in [0.15, 0.2) is 0 Å². The Morgan fingerprint density at radius 3 is 1.53 bits per heavy atom. The van der Waals surface area contributed by atoms with Gasteiger partial charge in [0.2, 0.25) is 5.91 Å². The zero-order valence-electron chi connectivity index (χ0n) is 29.5. The molecule has 0 saturated carbocycles. The third kappa shape index (κ3) is 30.7. The molecule has 0 heterocycles. The Morgan fingerprint density at radius 2 is 0.978 bits per heavy atom. The van der Waals surface area contributed by atoms with Crippen molar-refractivity contribution in [2.45, 2.75) is 193 Å². The molecule has 0 aromatic rings. The van der Waals surface area contributed by atoms with E-state index in [1.165, 1.54) is 103 Å². The summed E-state index contributed by atoms with van der Waals surface area (Å²) < 4.78 is 0. The lowest BCUT2D eigenvalue weighted by molar-refractivity contribution is -0.131.